The number of nitrogens with zero attached hydrogens (tertiary/aromatic N) is 2. The maximum absolute atomic E-state index is 12.0. The van der Waals surface area contributed by atoms with Crippen molar-refractivity contribution in [2.75, 3.05) is 18.4 Å². The van der Waals surface area contributed by atoms with Crippen molar-refractivity contribution in [1.29, 1.82) is 0 Å². The lowest BCUT2D eigenvalue weighted by Crippen LogP contribution is -2.37. The minimum absolute atomic E-state index is 0.151. The van der Waals surface area contributed by atoms with Crippen LogP contribution in [0.3, 0.4) is 0 Å². The second kappa shape index (κ2) is 6.35. The lowest BCUT2D eigenvalue weighted by atomic mass is 10.1. The van der Waals surface area contributed by atoms with Crippen LogP contribution in [0.4, 0.5) is 10.6 Å². The summed E-state index contributed by atoms with van der Waals surface area (Å²) in [6.45, 7) is 6.71. The molecule has 0 saturated carbocycles. The average molecular weight is 309 g/mol. The molecule has 0 radical (unpaired) electrons. The van der Waals surface area contributed by atoms with Crippen molar-refractivity contribution in [2.24, 2.45) is 7.05 Å². The van der Waals surface area contributed by atoms with Gasteiger partial charge in [0.1, 0.15) is 18.0 Å². The van der Waals surface area contributed by atoms with Crippen LogP contribution in [0, 0.1) is 0 Å². The molecule has 8 heteroatoms. The number of anilines is 1. The summed E-state index contributed by atoms with van der Waals surface area (Å²) in [6, 6.07) is 0. The summed E-state index contributed by atoms with van der Waals surface area (Å²) in [5.41, 5.74) is 1.41. The molecule has 0 unspecified atom stereocenters. The van der Waals surface area contributed by atoms with Crippen molar-refractivity contribution in [1.82, 2.24) is 20.4 Å². The Morgan fingerprint density at radius 1 is 1.41 bits per heavy atom. The zero-order valence-corrected chi connectivity index (χ0v) is 13.4. The highest BCUT2D eigenvalue weighted by atomic mass is 16.6. The first-order valence-corrected chi connectivity index (χ1v) is 7.28. The number of ether oxygens (including phenoxy) is 1. The van der Waals surface area contributed by atoms with Crippen molar-refractivity contribution < 1.29 is 14.3 Å². The van der Waals surface area contributed by atoms with E-state index in [9.17, 15) is 9.59 Å². The van der Waals surface area contributed by atoms with Crippen LogP contribution < -0.4 is 16.0 Å². The standard InChI is InChI=1S/C14H23N5O3/c1-14(2,3)22-13(21)16-8-11(20)17-12-9-7-15-6-5-10(9)18-19(12)4/h15H,5-8H2,1-4H3,(H,16,21)(H,17,20). The predicted molar refractivity (Wildman–Crippen MR) is 81.5 cm³/mol. The molecule has 1 aliphatic heterocycles. The van der Waals surface area contributed by atoms with E-state index >= 15 is 0 Å². The first-order valence-electron chi connectivity index (χ1n) is 7.28. The molecule has 0 atom stereocenters. The summed E-state index contributed by atoms with van der Waals surface area (Å²) in [7, 11) is 1.79. The SMILES string of the molecule is Cn1nc2c(c1NC(=O)CNC(=O)OC(C)(C)C)CNCC2. The van der Waals surface area contributed by atoms with E-state index in [4.69, 9.17) is 4.74 Å². The summed E-state index contributed by atoms with van der Waals surface area (Å²) in [5, 5.41) is 12.9. The van der Waals surface area contributed by atoms with Gasteiger partial charge in [-0.3, -0.25) is 9.48 Å². The fourth-order valence-corrected chi connectivity index (χ4v) is 2.23. The van der Waals surface area contributed by atoms with E-state index in [1.54, 1.807) is 32.5 Å². The van der Waals surface area contributed by atoms with Gasteiger partial charge in [-0.15, -0.1) is 0 Å². The second-order valence-electron chi connectivity index (χ2n) is 6.23. The largest absolute Gasteiger partial charge is 0.444 e. The Hall–Kier alpha value is -2.09. The van der Waals surface area contributed by atoms with Crippen molar-refractivity contribution >= 4 is 17.8 Å². The number of aromatic nitrogens is 2. The third-order valence-corrected chi connectivity index (χ3v) is 3.12. The molecule has 0 spiro atoms. The maximum Gasteiger partial charge on any atom is 0.408 e. The molecule has 2 heterocycles. The molecule has 0 aromatic carbocycles. The molecule has 2 rings (SSSR count). The van der Waals surface area contributed by atoms with Gasteiger partial charge in [-0.05, 0) is 20.8 Å². The van der Waals surface area contributed by atoms with E-state index in [-0.39, 0.29) is 12.5 Å². The molecule has 3 N–H and O–H groups in total. The van der Waals surface area contributed by atoms with E-state index in [0.717, 1.165) is 24.2 Å². The lowest BCUT2D eigenvalue weighted by molar-refractivity contribution is -0.115. The number of fused-ring (bicyclic) bond motifs is 1. The highest BCUT2D eigenvalue weighted by Crippen LogP contribution is 2.21. The van der Waals surface area contributed by atoms with Gasteiger partial charge in [0.2, 0.25) is 5.91 Å². The van der Waals surface area contributed by atoms with Crippen LogP contribution in [-0.2, 0) is 29.5 Å². The van der Waals surface area contributed by atoms with E-state index in [2.05, 4.69) is 21.0 Å². The van der Waals surface area contributed by atoms with Crippen LogP contribution >= 0.6 is 0 Å². The summed E-state index contributed by atoms with van der Waals surface area (Å²) in [5.74, 6) is 0.348. The molecule has 1 aromatic rings. The Balaban J connectivity index is 1.90. The van der Waals surface area contributed by atoms with Crippen molar-refractivity contribution in [3.8, 4) is 0 Å². The van der Waals surface area contributed by atoms with Gasteiger partial charge in [0.25, 0.3) is 0 Å². The van der Waals surface area contributed by atoms with Crippen LogP contribution in [0.1, 0.15) is 32.0 Å². The van der Waals surface area contributed by atoms with Crippen molar-refractivity contribution in [3.63, 3.8) is 0 Å². The van der Waals surface area contributed by atoms with E-state index in [1.165, 1.54) is 0 Å². The zero-order chi connectivity index (χ0) is 16.3. The van der Waals surface area contributed by atoms with Crippen LogP contribution in [0.25, 0.3) is 0 Å². The number of carbonyl (C=O) groups excluding carboxylic acids is 2. The first kappa shape index (κ1) is 16.3. The van der Waals surface area contributed by atoms with Gasteiger partial charge in [0.05, 0.1) is 5.69 Å². The van der Waals surface area contributed by atoms with E-state index in [1.807, 2.05) is 0 Å². The number of nitrogens with one attached hydrogen (secondary N) is 3. The third-order valence-electron chi connectivity index (χ3n) is 3.12. The number of hydrogen-bond acceptors (Lipinski definition) is 5. The Bertz CT molecular complexity index is 574. The Labute approximate surface area is 129 Å². The fourth-order valence-electron chi connectivity index (χ4n) is 2.23. The van der Waals surface area contributed by atoms with Crippen molar-refractivity contribution in [3.05, 3.63) is 11.3 Å². The molecule has 0 fully saturated rings. The molecule has 1 aliphatic rings. The molecule has 22 heavy (non-hydrogen) atoms. The molecule has 122 valence electrons. The Morgan fingerprint density at radius 3 is 2.82 bits per heavy atom. The molecule has 0 saturated heterocycles. The van der Waals surface area contributed by atoms with Crippen LogP contribution in [0.5, 0.6) is 0 Å². The lowest BCUT2D eigenvalue weighted by Gasteiger charge is -2.19. The van der Waals surface area contributed by atoms with Crippen LogP contribution in [0.2, 0.25) is 0 Å². The predicted octanol–water partition coefficient (Wildman–Crippen LogP) is 0.529. The number of aryl methyl sites for hydroxylation is 1. The van der Waals surface area contributed by atoms with Gasteiger partial charge in [-0.2, -0.15) is 5.10 Å². The summed E-state index contributed by atoms with van der Waals surface area (Å²) >= 11 is 0. The normalized spacial score (nSPS) is 14.2. The average Bonchev–Trinajstić information content (AvgIpc) is 2.71. The highest BCUT2D eigenvalue weighted by molar-refractivity contribution is 5.93. The second-order valence-corrected chi connectivity index (χ2v) is 6.23. The fraction of sp³-hybridized carbons (Fsp3) is 0.643. The molecular weight excluding hydrogens is 286 g/mol. The summed E-state index contributed by atoms with van der Waals surface area (Å²) < 4.78 is 6.74. The van der Waals surface area contributed by atoms with E-state index < -0.39 is 11.7 Å². The van der Waals surface area contributed by atoms with Gasteiger partial charge < -0.3 is 20.7 Å². The highest BCUT2D eigenvalue weighted by Gasteiger charge is 2.21. The molecule has 2 amide bonds. The quantitative estimate of drug-likeness (QED) is 0.756. The Kier molecular flexibility index (Phi) is 4.70. The zero-order valence-electron chi connectivity index (χ0n) is 13.4. The minimum atomic E-state index is -0.614. The number of amides is 2. The number of carbonyl (C=O) groups is 2. The molecule has 8 nitrogen and oxygen atoms in total. The monoisotopic (exact) mass is 309 g/mol. The Morgan fingerprint density at radius 2 is 2.14 bits per heavy atom. The van der Waals surface area contributed by atoms with Gasteiger partial charge in [0.15, 0.2) is 0 Å². The topological polar surface area (TPSA) is 97.3 Å². The number of hydrogen-bond donors (Lipinski definition) is 3. The molecule has 0 aliphatic carbocycles. The van der Waals surface area contributed by atoms with Crippen LogP contribution in [0.15, 0.2) is 0 Å². The molecular formula is C14H23N5O3. The van der Waals surface area contributed by atoms with Crippen molar-refractivity contribution in [2.45, 2.75) is 39.3 Å². The van der Waals surface area contributed by atoms with Gasteiger partial charge >= 0.3 is 6.09 Å². The van der Waals surface area contributed by atoms with E-state index in [0.29, 0.717) is 12.4 Å². The summed E-state index contributed by atoms with van der Waals surface area (Å²) in [6.07, 6.45) is 0.228. The van der Waals surface area contributed by atoms with Crippen LogP contribution in [-0.4, -0.2) is 40.5 Å². The maximum atomic E-state index is 12.0. The third kappa shape index (κ3) is 4.20. The first-order chi connectivity index (χ1) is 10.3. The van der Waals surface area contributed by atoms with Gasteiger partial charge in [-0.25, -0.2) is 4.79 Å². The summed E-state index contributed by atoms with van der Waals surface area (Å²) in [4.78, 5) is 23.5. The minimum Gasteiger partial charge on any atom is -0.444 e. The molecule has 1 aromatic heterocycles. The van der Waals surface area contributed by atoms with Gasteiger partial charge in [0, 0.05) is 32.1 Å². The number of alkyl carbamates (subject to hydrolysis) is 1. The smallest absolute Gasteiger partial charge is 0.408 e. The number of rotatable bonds is 3. The molecule has 0 bridgehead atoms. The van der Waals surface area contributed by atoms with Gasteiger partial charge in [-0.1, -0.05) is 0 Å².